The Bertz CT molecular complexity index is 696. The summed E-state index contributed by atoms with van der Waals surface area (Å²) in [5.41, 5.74) is 2.68. The number of pyridine rings is 1. The van der Waals surface area contributed by atoms with Gasteiger partial charge >= 0.3 is 0 Å². The number of anilines is 2. The van der Waals surface area contributed by atoms with Gasteiger partial charge in [-0.3, -0.25) is 10.2 Å². The number of aromatic nitrogens is 1. The fraction of sp³-hybridized carbons (Fsp3) is 0.421. The van der Waals surface area contributed by atoms with Crippen LogP contribution in [0.15, 0.2) is 36.7 Å². The van der Waals surface area contributed by atoms with Crippen LogP contribution in [-0.4, -0.2) is 41.3 Å². The number of rotatable bonds is 5. The number of aryl methyl sites for hydroxylation is 1. The first kappa shape index (κ1) is 17.6. The lowest BCUT2D eigenvalue weighted by Gasteiger charge is -2.31. The molecular formula is C19H25FN4O. The SMILES string of the molecule is Cc1cccc(F)c1N(O)Cc1cnccc1NC1CCN(C)CC1. The third-order valence-corrected chi connectivity index (χ3v) is 4.75. The molecule has 0 spiro atoms. The van der Waals surface area contributed by atoms with Crippen molar-refractivity contribution in [1.29, 1.82) is 0 Å². The van der Waals surface area contributed by atoms with Crippen LogP contribution in [0.2, 0.25) is 0 Å². The molecule has 2 N–H and O–H groups in total. The van der Waals surface area contributed by atoms with Crippen molar-refractivity contribution >= 4 is 11.4 Å². The number of likely N-dealkylation sites (tertiary alicyclic amines) is 1. The third-order valence-electron chi connectivity index (χ3n) is 4.75. The molecule has 1 aromatic carbocycles. The smallest absolute Gasteiger partial charge is 0.149 e. The molecule has 1 saturated heterocycles. The van der Waals surface area contributed by atoms with Gasteiger partial charge in [0.25, 0.3) is 0 Å². The summed E-state index contributed by atoms with van der Waals surface area (Å²) in [4.78, 5) is 6.48. The maximum Gasteiger partial charge on any atom is 0.149 e. The van der Waals surface area contributed by atoms with Crippen molar-refractivity contribution in [1.82, 2.24) is 9.88 Å². The molecule has 0 saturated carbocycles. The molecule has 2 aromatic rings. The minimum absolute atomic E-state index is 0.171. The van der Waals surface area contributed by atoms with Gasteiger partial charge in [0.1, 0.15) is 11.5 Å². The Morgan fingerprint density at radius 2 is 2.08 bits per heavy atom. The zero-order valence-electron chi connectivity index (χ0n) is 14.7. The highest BCUT2D eigenvalue weighted by Crippen LogP contribution is 2.26. The molecule has 3 rings (SSSR count). The first-order valence-corrected chi connectivity index (χ1v) is 8.64. The molecule has 0 bridgehead atoms. The number of hydrogen-bond donors (Lipinski definition) is 2. The fourth-order valence-corrected chi connectivity index (χ4v) is 3.26. The van der Waals surface area contributed by atoms with E-state index in [2.05, 4.69) is 22.2 Å². The van der Waals surface area contributed by atoms with Gasteiger partial charge in [0.05, 0.1) is 6.54 Å². The normalized spacial score (nSPS) is 16.0. The lowest BCUT2D eigenvalue weighted by molar-refractivity contribution is 0.245. The number of piperidine rings is 1. The molecule has 0 unspecified atom stereocenters. The molecule has 0 radical (unpaired) electrons. The highest BCUT2D eigenvalue weighted by molar-refractivity contribution is 5.56. The van der Waals surface area contributed by atoms with Gasteiger partial charge in [-0.15, -0.1) is 0 Å². The van der Waals surface area contributed by atoms with E-state index in [0.717, 1.165) is 42.2 Å². The number of hydrogen-bond acceptors (Lipinski definition) is 5. The Hall–Kier alpha value is -2.18. The van der Waals surface area contributed by atoms with E-state index in [1.165, 1.54) is 6.07 Å². The number of para-hydroxylation sites is 1. The van der Waals surface area contributed by atoms with Gasteiger partial charge in [0.15, 0.2) is 0 Å². The van der Waals surface area contributed by atoms with E-state index in [1.54, 1.807) is 31.5 Å². The Labute approximate surface area is 148 Å². The topological polar surface area (TPSA) is 51.6 Å². The summed E-state index contributed by atoms with van der Waals surface area (Å²) in [7, 11) is 2.13. The van der Waals surface area contributed by atoms with Crippen LogP contribution in [0, 0.1) is 12.7 Å². The zero-order chi connectivity index (χ0) is 17.8. The first-order chi connectivity index (χ1) is 12.0. The minimum atomic E-state index is -0.434. The van der Waals surface area contributed by atoms with Gasteiger partial charge in [0, 0.05) is 29.7 Å². The van der Waals surface area contributed by atoms with Crippen molar-refractivity contribution in [2.24, 2.45) is 0 Å². The Morgan fingerprint density at radius 3 is 2.80 bits per heavy atom. The van der Waals surface area contributed by atoms with Crippen LogP contribution in [-0.2, 0) is 6.54 Å². The second kappa shape index (κ2) is 7.80. The second-order valence-electron chi connectivity index (χ2n) is 6.72. The van der Waals surface area contributed by atoms with E-state index in [-0.39, 0.29) is 12.2 Å². The zero-order valence-corrected chi connectivity index (χ0v) is 14.7. The molecule has 1 aliphatic rings. The summed E-state index contributed by atoms with van der Waals surface area (Å²) in [6.45, 7) is 4.09. The van der Waals surface area contributed by atoms with Crippen LogP contribution in [0.3, 0.4) is 0 Å². The van der Waals surface area contributed by atoms with Crippen LogP contribution in [0.25, 0.3) is 0 Å². The molecule has 1 aliphatic heterocycles. The number of nitrogens with one attached hydrogen (secondary N) is 1. The number of halogens is 1. The van der Waals surface area contributed by atoms with E-state index in [0.29, 0.717) is 11.6 Å². The summed E-state index contributed by atoms with van der Waals surface area (Å²) in [5.74, 6) is -0.434. The molecule has 134 valence electrons. The summed E-state index contributed by atoms with van der Waals surface area (Å²) < 4.78 is 14.1. The average Bonchev–Trinajstić information content (AvgIpc) is 2.58. The van der Waals surface area contributed by atoms with Crippen LogP contribution >= 0.6 is 0 Å². The molecule has 25 heavy (non-hydrogen) atoms. The van der Waals surface area contributed by atoms with Crippen LogP contribution in [0.5, 0.6) is 0 Å². The Balaban J connectivity index is 1.74. The molecule has 0 aliphatic carbocycles. The molecule has 1 aromatic heterocycles. The fourth-order valence-electron chi connectivity index (χ4n) is 3.26. The monoisotopic (exact) mass is 344 g/mol. The van der Waals surface area contributed by atoms with Crippen molar-refractivity contribution in [3.05, 3.63) is 53.6 Å². The first-order valence-electron chi connectivity index (χ1n) is 8.64. The van der Waals surface area contributed by atoms with Gasteiger partial charge in [-0.2, -0.15) is 0 Å². The summed E-state index contributed by atoms with van der Waals surface area (Å²) in [5, 5.41) is 14.9. The highest BCUT2D eigenvalue weighted by atomic mass is 19.1. The molecular weight excluding hydrogens is 319 g/mol. The van der Waals surface area contributed by atoms with E-state index in [4.69, 9.17) is 0 Å². The second-order valence-corrected chi connectivity index (χ2v) is 6.72. The van der Waals surface area contributed by atoms with E-state index < -0.39 is 5.82 Å². The molecule has 6 heteroatoms. The summed E-state index contributed by atoms with van der Waals surface area (Å²) >= 11 is 0. The summed E-state index contributed by atoms with van der Waals surface area (Å²) in [6.07, 6.45) is 5.61. The minimum Gasteiger partial charge on any atom is -0.382 e. The van der Waals surface area contributed by atoms with Crippen molar-refractivity contribution in [2.75, 3.05) is 30.5 Å². The largest absolute Gasteiger partial charge is 0.382 e. The number of hydroxylamine groups is 1. The van der Waals surface area contributed by atoms with Crippen molar-refractivity contribution in [2.45, 2.75) is 32.4 Å². The van der Waals surface area contributed by atoms with Crippen molar-refractivity contribution in [3.8, 4) is 0 Å². The molecule has 0 amide bonds. The standard InChI is InChI=1S/C19H25FN4O/c1-14-4-3-5-17(20)19(14)24(25)13-15-12-21-9-6-18(15)22-16-7-10-23(2)11-8-16/h3-6,9,12,16,25H,7-8,10-11,13H2,1-2H3,(H,21,22). The maximum atomic E-state index is 14.1. The van der Waals surface area contributed by atoms with Gasteiger partial charge in [0.2, 0.25) is 0 Å². The molecule has 2 heterocycles. The van der Waals surface area contributed by atoms with Crippen LogP contribution < -0.4 is 10.4 Å². The molecule has 0 atom stereocenters. The third kappa shape index (κ3) is 4.27. The Morgan fingerprint density at radius 1 is 1.32 bits per heavy atom. The van der Waals surface area contributed by atoms with E-state index >= 15 is 0 Å². The molecule has 1 fully saturated rings. The lowest BCUT2D eigenvalue weighted by atomic mass is 10.0. The van der Waals surface area contributed by atoms with Crippen molar-refractivity contribution < 1.29 is 9.60 Å². The van der Waals surface area contributed by atoms with Crippen molar-refractivity contribution in [3.63, 3.8) is 0 Å². The van der Waals surface area contributed by atoms with E-state index in [9.17, 15) is 9.60 Å². The number of benzene rings is 1. The molecule has 5 nitrogen and oxygen atoms in total. The lowest BCUT2D eigenvalue weighted by Crippen LogP contribution is -2.37. The van der Waals surface area contributed by atoms with Gasteiger partial charge in [-0.05, 0) is 57.6 Å². The highest BCUT2D eigenvalue weighted by Gasteiger charge is 2.19. The number of nitrogens with zero attached hydrogens (tertiary/aromatic N) is 3. The maximum absolute atomic E-state index is 14.1. The Kier molecular flexibility index (Phi) is 5.50. The average molecular weight is 344 g/mol. The summed E-state index contributed by atoms with van der Waals surface area (Å²) in [6, 6.07) is 7.09. The van der Waals surface area contributed by atoms with E-state index in [1.807, 2.05) is 6.07 Å². The van der Waals surface area contributed by atoms with Gasteiger partial charge < -0.3 is 10.2 Å². The predicted octanol–water partition coefficient (Wildman–Crippen LogP) is 3.43. The quantitative estimate of drug-likeness (QED) is 0.814. The van der Waals surface area contributed by atoms with Gasteiger partial charge in [-0.25, -0.2) is 9.45 Å². The van der Waals surface area contributed by atoms with Gasteiger partial charge in [-0.1, -0.05) is 12.1 Å². The van der Waals surface area contributed by atoms with Crippen LogP contribution in [0.1, 0.15) is 24.0 Å². The van der Waals surface area contributed by atoms with Crippen LogP contribution in [0.4, 0.5) is 15.8 Å². The predicted molar refractivity (Wildman–Crippen MR) is 97.5 cm³/mol.